The van der Waals surface area contributed by atoms with Gasteiger partial charge in [0.05, 0.1) is 19.9 Å². The number of rotatable bonds is 6. The van der Waals surface area contributed by atoms with E-state index < -0.39 is 0 Å². The Bertz CT molecular complexity index is 442. The fourth-order valence-electron chi connectivity index (χ4n) is 2.22. The van der Waals surface area contributed by atoms with E-state index in [1.165, 1.54) is 0 Å². The Kier molecular flexibility index (Phi) is 5.06. The second-order valence-electron chi connectivity index (χ2n) is 5.46. The van der Waals surface area contributed by atoms with Gasteiger partial charge in [-0.15, -0.1) is 0 Å². The SMILES string of the molecule is COc1cc(NC(C)(C)CCN)c(OC)c(C)c1C. The highest BCUT2D eigenvalue weighted by atomic mass is 16.5. The quantitative estimate of drug-likeness (QED) is 0.831. The average molecular weight is 266 g/mol. The van der Waals surface area contributed by atoms with Gasteiger partial charge >= 0.3 is 0 Å². The Morgan fingerprint density at radius 3 is 2.26 bits per heavy atom. The highest BCUT2D eigenvalue weighted by Crippen LogP contribution is 2.38. The van der Waals surface area contributed by atoms with Crippen molar-refractivity contribution in [3.63, 3.8) is 0 Å². The molecule has 0 radical (unpaired) electrons. The molecule has 0 aliphatic carbocycles. The summed E-state index contributed by atoms with van der Waals surface area (Å²) in [6.45, 7) is 8.97. The van der Waals surface area contributed by atoms with Gasteiger partial charge in [-0.25, -0.2) is 0 Å². The van der Waals surface area contributed by atoms with E-state index in [4.69, 9.17) is 15.2 Å². The van der Waals surface area contributed by atoms with Crippen molar-refractivity contribution in [1.82, 2.24) is 0 Å². The van der Waals surface area contributed by atoms with E-state index in [2.05, 4.69) is 19.2 Å². The maximum atomic E-state index is 5.65. The molecule has 0 spiro atoms. The molecule has 0 saturated heterocycles. The number of benzene rings is 1. The largest absolute Gasteiger partial charge is 0.496 e. The van der Waals surface area contributed by atoms with Crippen molar-refractivity contribution in [1.29, 1.82) is 0 Å². The predicted molar refractivity (Wildman–Crippen MR) is 80.4 cm³/mol. The average Bonchev–Trinajstić information content (AvgIpc) is 2.33. The van der Waals surface area contributed by atoms with Crippen LogP contribution in [0.4, 0.5) is 5.69 Å². The molecule has 108 valence electrons. The minimum Gasteiger partial charge on any atom is -0.496 e. The maximum absolute atomic E-state index is 5.65. The molecule has 0 bridgehead atoms. The highest BCUT2D eigenvalue weighted by molar-refractivity contribution is 5.67. The summed E-state index contributed by atoms with van der Waals surface area (Å²) in [5.41, 5.74) is 8.70. The van der Waals surface area contributed by atoms with Crippen LogP contribution >= 0.6 is 0 Å². The summed E-state index contributed by atoms with van der Waals surface area (Å²) in [5.74, 6) is 1.73. The molecule has 1 aromatic carbocycles. The molecule has 0 aliphatic rings. The minimum absolute atomic E-state index is 0.0886. The van der Waals surface area contributed by atoms with Crippen molar-refractivity contribution in [3.8, 4) is 11.5 Å². The molecule has 0 amide bonds. The summed E-state index contributed by atoms with van der Waals surface area (Å²) in [6, 6.07) is 1.99. The van der Waals surface area contributed by atoms with Crippen molar-refractivity contribution in [2.24, 2.45) is 5.73 Å². The molecule has 0 aliphatic heterocycles. The van der Waals surface area contributed by atoms with Gasteiger partial charge in [-0.2, -0.15) is 0 Å². The van der Waals surface area contributed by atoms with Crippen molar-refractivity contribution in [2.45, 2.75) is 39.7 Å². The van der Waals surface area contributed by atoms with Crippen LogP contribution in [0.1, 0.15) is 31.4 Å². The lowest BCUT2D eigenvalue weighted by Crippen LogP contribution is -2.33. The molecule has 0 aromatic heterocycles. The molecule has 0 atom stereocenters. The van der Waals surface area contributed by atoms with Crippen molar-refractivity contribution in [3.05, 3.63) is 17.2 Å². The first-order valence-corrected chi connectivity index (χ1v) is 6.56. The first-order valence-electron chi connectivity index (χ1n) is 6.56. The smallest absolute Gasteiger partial charge is 0.145 e. The van der Waals surface area contributed by atoms with Gasteiger partial charge in [0.15, 0.2) is 0 Å². The fraction of sp³-hybridized carbons (Fsp3) is 0.600. The van der Waals surface area contributed by atoms with Gasteiger partial charge in [0, 0.05) is 11.6 Å². The van der Waals surface area contributed by atoms with Crippen LogP contribution in [0.15, 0.2) is 6.07 Å². The summed E-state index contributed by atoms with van der Waals surface area (Å²) >= 11 is 0. The van der Waals surface area contributed by atoms with Crippen LogP contribution in [0.3, 0.4) is 0 Å². The van der Waals surface area contributed by atoms with E-state index in [1.807, 2.05) is 19.9 Å². The number of nitrogens with two attached hydrogens (primary N) is 1. The van der Waals surface area contributed by atoms with Crippen LogP contribution in [0.2, 0.25) is 0 Å². The molecule has 4 heteroatoms. The lowest BCUT2D eigenvalue weighted by molar-refractivity contribution is 0.397. The molecule has 3 N–H and O–H groups in total. The molecule has 0 unspecified atom stereocenters. The number of anilines is 1. The van der Waals surface area contributed by atoms with Gasteiger partial charge in [-0.3, -0.25) is 0 Å². The van der Waals surface area contributed by atoms with E-state index in [0.717, 1.165) is 34.7 Å². The zero-order valence-corrected chi connectivity index (χ0v) is 12.9. The summed E-state index contributed by atoms with van der Waals surface area (Å²) in [6.07, 6.45) is 0.880. The minimum atomic E-state index is -0.0886. The summed E-state index contributed by atoms with van der Waals surface area (Å²) in [5, 5.41) is 3.50. The van der Waals surface area contributed by atoms with E-state index in [-0.39, 0.29) is 5.54 Å². The van der Waals surface area contributed by atoms with Crippen LogP contribution in [0.25, 0.3) is 0 Å². The van der Waals surface area contributed by atoms with Crippen molar-refractivity contribution < 1.29 is 9.47 Å². The van der Waals surface area contributed by atoms with Crippen LogP contribution in [-0.4, -0.2) is 26.3 Å². The van der Waals surface area contributed by atoms with Gasteiger partial charge in [0.2, 0.25) is 0 Å². The van der Waals surface area contributed by atoms with Gasteiger partial charge in [-0.05, 0) is 51.8 Å². The van der Waals surface area contributed by atoms with Crippen molar-refractivity contribution >= 4 is 5.69 Å². The van der Waals surface area contributed by atoms with Crippen molar-refractivity contribution in [2.75, 3.05) is 26.1 Å². The number of nitrogens with one attached hydrogen (secondary N) is 1. The molecule has 0 heterocycles. The topological polar surface area (TPSA) is 56.5 Å². The van der Waals surface area contributed by atoms with Crippen LogP contribution in [-0.2, 0) is 0 Å². The van der Waals surface area contributed by atoms with Gasteiger partial charge < -0.3 is 20.5 Å². The van der Waals surface area contributed by atoms with Crippen LogP contribution in [0.5, 0.6) is 11.5 Å². The van der Waals surface area contributed by atoms with E-state index in [1.54, 1.807) is 14.2 Å². The second kappa shape index (κ2) is 6.15. The van der Waals surface area contributed by atoms with E-state index >= 15 is 0 Å². The first-order chi connectivity index (χ1) is 8.86. The Labute approximate surface area is 116 Å². The molecular weight excluding hydrogens is 240 g/mol. The fourth-order valence-corrected chi connectivity index (χ4v) is 2.22. The standard InChI is InChI=1S/C15H26N2O2/c1-10-11(2)14(19-6)12(9-13(10)18-5)17-15(3,4)7-8-16/h9,17H,7-8,16H2,1-6H3. The molecular formula is C15H26N2O2. The Morgan fingerprint density at radius 2 is 1.79 bits per heavy atom. The summed E-state index contributed by atoms with van der Waals surface area (Å²) < 4.78 is 11.0. The summed E-state index contributed by atoms with van der Waals surface area (Å²) in [7, 11) is 3.37. The molecule has 1 rings (SSSR count). The lowest BCUT2D eigenvalue weighted by atomic mass is 9.98. The number of methoxy groups -OCH3 is 2. The third-order valence-corrected chi connectivity index (χ3v) is 3.46. The summed E-state index contributed by atoms with van der Waals surface area (Å²) in [4.78, 5) is 0. The molecule has 19 heavy (non-hydrogen) atoms. The molecule has 1 aromatic rings. The highest BCUT2D eigenvalue weighted by Gasteiger charge is 2.21. The zero-order valence-electron chi connectivity index (χ0n) is 12.9. The predicted octanol–water partition coefficient (Wildman–Crippen LogP) is 2.86. The Balaban J connectivity index is 3.22. The molecule has 4 nitrogen and oxygen atoms in total. The third-order valence-electron chi connectivity index (χ3n) is 3.46. The first kappa shape index (κ1) is 15.6. The molecule has 0 saturated carbocycles. The monoisotopic (exact) mass is 266 g/mol. The van der Waals surface area contributed by atoms with Gasteiger partial charge in [-0.1, -0.05) is 0 Å². The number of hydrogen-bond donors (Lipinski definition) is 2. The van der Waals surface area contributed by atoms with E-state index in [9.17, 15) is 0 Å². The maximum Gasteiger partial charge on any atom is 0.145 e. The Morgan fingerprint density at radius 1 is 1.16 bits per heavy atom. The normalized spacial score (nSPS) is 11.3. The van der Waals surface area contributed by atoms with Gasteiger partial charge in [0.25, 0.3) is 0 Å². The molecule has 0 fully saturated rings. The van der Waals surface area contributed by atoms with E-state index in [0.29, 0.717) is 6.54 Å². The second-order valence-corrected chi connectivity index (χ2v) is 5.46. The number of ether oxygens (including phenoxy) is 2. The zero-order chi connectivity index (χ0) is 14.6. The lowest BCUT2D eigenvalue weighted by Gasteiger charge is -2.29. The van der Waals surface area contributed by atoms with Crippen LogP contribution in [0, 0.1) is 13.8 Å². The van der Waals surface area contributed by atoms with Crippen LogP contribution < -0.4 is 20.5 Å². The van der Waals surface area contributed by atoms with Gasteiger partial charge in [0.1, 0.15) is 11.5 Å². The number of hydrogen-bond acceptors (Lipinski definition) is 4. The Hall–Kier alpha value is -1.42. The third kappa shape index (κ3) is 3.53.